The Bertz CT molecular complexity index is 488. The van der Waals surface area contributed by atoms with E-state index in [-0.39, 0.29) is 0 Å². The molecule has 2 aromatic heterocycles. The van der Waals surface area contributed by atoms with E-state index in [1.807, 2.05) is 12.1 Å². The molecule has 0 spiro atoms. The monoisotopic (exact) mass is 217 g/mol. The molecule has 1 N–H and O–H groups in total. The minimum atomic E-state index is 0.637. The molecule has 84 valence electrons. The van der Waals surface area contributed by atoms with E-state index in [1.165, 1.54) is 6.33 Å². The third-order valence-electron chi connectivity index (χ3n) is 2.24. The Morgan fingerprint density at radius 3 is 3.19 bits per heavy atom. The van der Waals surface area contributed by atoms with Crippen LogP contribution in [0.25, 0.3) is 5.78 Å². The minimum Gasteiger partial charge on any atom is -0.366 e. The van der Waals surface area contributed by atoms with Gasteiger partial charge in [-0.2, -0.15) is 14.6 Å². The lowest BCUT2D eigenvalue weighted by atomic mass is 10.2. The van der Waals surface area contributed by atoms with Crippen molar-refractivity contribution in [3.8, 4) is 0 Å². The number of hydrogen-bond acceptors (Lipinski definition) is 4. The molecule has 0 aliphatic carbocycles. The second kappa shape index (κ2) is 4.74. The van der Waals surface area contributed by atoms with Crippen molar-refractivity contribution >= 4 is 11.6 Å². The Balaban J connectivity index is 2.41. The highest BCUT2D eigenvalue weighted by molar-refractivity contribution is 5.45. The summed E-state index contributed by atoms with van der Waals surface area (Å²) < 4.78 is 1.70. The maximum atomic E-state index is 4.42. The first kappa shape index (κ1) is 10.6. The molecule has 0 amide bonds. The molecule has 0 unspecified atom stereocenters. The first-order valence-electron chi connectivity index (χ1n) is 5.39. The summed E-state index contributed by atoms with van der Waals surface area (Å²) in [6, 6.07) is 2.01. The van der Waals surface area contributed by atoms with Crippen LogP contribution in [0.1, 0.15) is 19.0 Å². The summed E-state index contributed by atoms with van der Waals surface area (Å²) >= 11 is 0. The zero-order valence-electron chi connectivity index (χ0n) is 9.35. The second-order valence-corrected chi connectivity index (χ2v) is 3.52. The van der Waals surface area contributed by atoms with Crippen LogP contribution in [0.3, 0.4) is 0 Å². The lowest BCUT2D eigenvalue weighted by Gasteiger charge is -2.07. The number of aromatic nitrogens is 4. The van der Waals surface area contributed by atoms with Crippen LogP contribution >= 0.6 is 0 Å². The van der Waals surface area contributed by atoms with Gasteiger partial charge in [0, 0.05) is 18.3 Å². The van der Waals surface area contributed by atoms with E-state index in [2.05, 4.69) is 33.9 Å². The van der Waals surface area contributed by atoms with Crippen LogP contribution in [0, 0.1) is 0 Å². The number of hydrogen-bond donors (Lipinski definition) is 1. The highest BCUT2D eigenvalue weighted by Gasteiger charge is 2.05. The van der Waals surface area contributed by atoms with Crippen molar-refractivity contribution < 1.29 is 0 Å². The van der Waals surface area contributed by atoms with Crippen molar-refractivity contribution in [2.24, 2.45) is 0 Å². The van der Waals surface area contributed by atoms with Gasteiger partial charge < -0.3 is 5.32 Å². The average molecular weight is 217 g/mol. The summed E-state index contributed by atoms with van der Waals surface area (Å²) in [5, 5.41) is 7.34. The highest BCUT2D eigenvalue weighted by atomic mass is 15.3. The lowest BCUT2D eigenvalue weighted by molar-refractivity contribution is 0.857. The highest BCUT2D eigenvalue weighted by Crippen LogP contribution is 2.11. The molecule has 0 radical (unpaired) electrons. The van der Waals surface area contributed by atoms with Crippen molar-refractivity contribution in [2.75, 3.05) is 11.9 Å². The molecule has 2 rings (SSSR count). The minimum absolute atomic E-state index is 0.637. The third-order valence-corrected chi connectivity index (χ3v) is 2.24. The first-order chi connectivity index (χ1) is 7.85. The van der Waals surface area contributed by atoms with Gasteiger partial charge in [-0.1, -0.05) is 19.4 Å². The van der Waals surface area contributed by atoms with Crippen LogP contribution in [0.5, 0.6) is 0 Å². The Morgan fingerprint density at radius 2 is 2.44 bits per heavy atom. The van der Waals surface area contributed by atoms with E-state index >= 15 is 0 Å². The molecule has 2 heterocycles. The number of anilines is 1. The summed E-state index contributed by atoms with van der Waals surface area (Å²) in [6.07, 6.45) is 5.34. The van der Waals surface area contributed by atoms with Crippen LogP contribution in [-0.4, -0.2) is 26.1 Å². The molecule has 5 nitrogen and oxygen atoms in total. The Labute approximate surface area is 94.2 Å². The topological polar surface area (TPSA) is 55.1 Å². The van der Waals surface area contributed by atoms with Gasteiger partial charge in [-0.15, -0.1) is 6.58 Å². The van der Waals surface area contributed by atoms with E-state index in [0.717, 1.165) is 24.4 Å². The molecule has 0 atom stereocenters. The molecule has 0 aromatic carbocycles. The van der Waals surface area contributed by atoms with Gasteiger partial charge in [-0.3, -0.25) is 0 Å². The van der Waals surface area contributed by atoms with Crippen LogP contribution in [0.4, 0.5) is 5.82 Å². The molecular formula is C11H15N5. The van der Waals surface area contributed by atoms with Crippen LogP contribution < -0.4 is 5.32 Å². The number of nitrogens with zero attached hydrogens (tertiary/aromatic N) is 4. The first-order valence-corrected chi connectivity index (χ1v) is 5.39. The van der Waals surface area contributed by atoms with Gasteiger partial charge in [0.25, 0.3) is 5.78 Å². The van der Waals surface area contributed by atoms with E-state index in [9.17, 15) is 0 Å². The Morgan fingerprint density at radius 1 is 1.56 bits per heavy atom. The summed E-state index contributed by atoms with van der Waals surface area (Å²) in [6.45, 7) is 6.51. The number of rotatable bonds is 5. The van der Waals surface area contributed by atoms with Crippen molar-refractivity contribution in [1.29, 1.82) is 0 Å². The zero-order valence-corrected chi connectivity index (χ0v) is 9.35. The molecule has 5 heteroatoms. The second-order valence-electron chi connectivity index (χ2n) is 3.52. The fourth-order valence-electron chi connectivity index (χ4n) is 1.55. The number of fused-ring (bicyclic) bond motifs is 1. The van der Waals surface area contributed by atoms with Gasteiger partial charge in [0.05, 0.1) is 0 Å². The third kappa shape index (κ3) is 2.03. The summed E-state index contributed by atoms with van der Waals surface area (Å²) in [7, 11) is 0. The van der Waals surface area contributed by atoms with Gasteiger partial charge in [0.15, 0.2) is 0 Å². The quantitative estimate of drug-likeness (QED) is 0.774. The van der Waals surface area contributed by atoms with Crippen LogP contribution in [0.2, 0.25) is 0 Å². The molecule has 0 bridgehead atoms. The Hall–Kier alpha value is -1.91. The summed E-state index contributed by atoms with van der Waals surface area (Å²) in [5.41, 5.74) is 1.04. The molecule has 0 fully saturated rings. The van der Waals surface area contributed by atoms with Crippen LogP contribution in [-0.2, 0) is 6.42 Å². The van der Waals surface area contributed by atoms with E-state index < -0.39 is 0 Å². The van der Waals surface area contributed by atoms with Crippen LogP contribution in [0.15, 0.2) is 25.0 Å². The SMILES string of the molecule is C=CCNc1cc(CCC)nc2ncnn12. The van der Waals surface area contributed by atoms with E-state index in [0.29, 0.717) is 12.3 Å². The average Bonchev–Trinajstić information content (AvgIpc) is 2.74. The van der Waals surface area contributed by atoms with Gasteiger partial charge >= 0.3 is 0 Å². The van der Waals surface area contributed by atoms with Crippen molar-refractivity contribution in [1.82, 2.24) is 19.6 Å². The summed E-state index contributed by atoms with van der Waals surface area (Å²) in [5.74, 6) is 1.54. The number of nitrogens with one attached hydrogen (secondary N) is 1. The maximum Gasteiger partial charge on any atom is 0.254 e. The fourth-order valence-corrected chi connectivity index (χ4v) is 1.55. The van der Waals surface area contributed by atoms with E-state index in [1.54, 1.807) is 4.52 Å². The normalized spacial score (nSPS) is 10.6. The lowest BCUT2D eigenvalue weighted by Crippen LogP contribution is -2.07. The largest absolute Gasteiger partial charge is 0.366 e. The predicted molar refractivity (Wildman–Crippen MR) is 63.5 cm³/mol. The predicted octanol–water partition coefficient (Wildman–Crippen LogP) is 1.67. The van der Waals surface area contributed by atoms with E-state index in [4.69, 9.17) is 0 Å². The molecule has 0 aliphatic heterocycles. The van der Waals surface area contributed by atoms with Crippen molar-refractivity contribution in [3.05, 3.63) is 30.7 Å². The van der Waals surface area contributed by atoms with Crippen molar-refractivity contribution in [3.63, 3.8) is 0 Å². The maximum absolute atomic E-state index is 4.42. The summed E-state index contributed by atoms with van der Waals surface area (Å²) in [4.78, 5) is 8.52. The number of aryl methyl sites for hydroxylation is 1. The standard InChI is InChI=1S/C11H15N5/c1-3-5-9-7-10(12-6-4-2)16-11(15-9)13-8-14-16/h4,7-8,12H,2-3,5-6H2,1H3. The Kier molecular flexibility index (Phi) is 3.14. The smallest absolute Gasteiger partial charge is 0.254 e. The van der Waals surface area contributed by atoms with Gasteiger partial charge in [-0.25, -0.2) is 4.98 Å². The fraction of sp³-hybridized carbons (Fsp3) is 0.364. The van der Waals surface area contributed by atoms with Gasteiger partial charge in [0.2, 0.25) is 0 Å². The molecule has 0 aliphatic rings. The molecule has 0 saturated carbocycles. The van der Waals surface area contributed by atoms with Gasteiger partial charge in [0.1, 0.15) is 12.1 Å². The molecule has 16 heavy (non-hydrogen) atoms. The van der Waals surface area contributed by atoms with Gasteiger partial charge in [-0.05, 0) is 6.42 Å². The molecular weight excluding hydrogens is 202 g/mol. The molecule has 0 saturated heterocycles. The van der Waals surface area contributed by atoms with Crippen molar-refractivity contribution in [2.45, 2.75) is 19.8 Å². The zero-order chi connectivity index (χ0) is 11.4. The molecule has 2 aromatic rings.